The van der Waals surface area contributed by atoms with Crippen molar-refractivity contribution in [2.75, 3.05) is 62.4 Å². The van der Waals surface area contributed by atoms with Crippen LogP contribution in [0, 0.1) is 16.7 Å². The van der Waals surface area contributed by atoms with Gasteiger partial charge in [0.2, 0.25) is 10.6 Å². The van der Waals surface area contributed by atoms with Crippen molar-refractivity contribution in [3.63, 3.8) is 0 Å². The summed E-state index contributed by atoms with van der Waals surface area (Å²) in [6, 6.07) is 0. The molecule has 4 aromatic rings. The van der Waals surface area contributed by atoms with E-state index >= 15 is 0 Å². The molecule has 2 aliphatic rings. The lowest BCUT2D eigenvalue weighted by Gasteiger charge is -2.28. The van der Waals surface area contributed by atoms with Gasteiger partial charge in [0.1, 0.15) is 0 Å². The maximum absolute atomic E-state index is 6.05. The van der Waals surface area contributed by atoms with E-state index in [1.807, 2.05) is 6.92 Å². The fourth-order valence-electron chi connectivity index (χ4n) is 3.99. The molecule has 2 fully saturated rings. The van der Waals surface area contributed by atoms with Crippen LogP contribution in [0.15, 0.2) is 5.38 Å². The van der Waals surface area contributed by atoms with E-state index in [0.29, 0.717) is 10.6 Å². The molecule has 0 amide bonds. The van der Waals surface area contributed by atoms with E-state index in [-0.39, 0.29) is 0 Å². The highest BCUT2D eigenvalue weighted by Gasteiger charge is 2.21. The van der Waals surface area contributed by atoms with Gasteiger partial charge in [0, 0.05) is 26.2 Å². The average Bonchev–Trinajstić information content (AvgIpc) is 3.38. The zero-order valence-electron chi connectivity index (χ0n) is 19.2. The number of hydrogen-bond acceptors (Lipinski definition) is 10. The number of aromatic nitrogens is 4. The number of rotatable bonds is 2. The molecular formula is C22H23Cl2IN6O2S2. The number of anilines is 2. The maximum Gasteiger partial charge on any atom is 0.224 e. The third kappa shape index (κ3) is 5.46. The molecule has 0 aliphatic carbocycles. The first-order chi connectivity index (χ1) is 16.9. The predicted molar refractivity (Wildman–Crippen MR) is 153 cm³/mol. The number of morpholine rings is 2. The van der Waals surface area contributed by atoms with Crippen molar-refractivity contribution in [2.45, 2.75) is 13.8 Å². The first-order valence-corrected chi connectivity index (χ1v) is 14.6. The molecule has 0 saturated carbocycles. The van der Waals surface area contributed by atoms with Gasteiger partial charge in [-0.1, -0.05) is 0 Å². The van der Waals surface area contributed by atoms with E-state index in [1.54, 1.807) is 22.7 Å². The Kier molecular flexibility index (Phi) is 8.11. The van der Waals surface area contributed by atoms with E-state index in [2.05, 4.69) is 64.6 Å². The second-order valence-electron chi connectivity index (χ2n) is 8.11. The summed E-state index contributed by atoms with van der Waals surface area (Å²) in [5, 5.41) is 2.74. The van der Waals surface area contributed by atoms with Crippen LogP contribution in [0.2, 0.25) is 10.6 Å². The molecule has 0 radical (unpaired) electrons. The smallest absolute Gasteiger partial charge is 0.224 e. The minimum Gasteiger partial charge on any atom is -0.378 e. The Labute approximate surface area is 234 Å². The van der Waals surface area contributed by atoms with Crippen molar-refractivity contribution in [2.24, 2.45) is 0 Å². The maximum atomic E-state index is 6.05. The molecule has 35 heavy (non-hydrogen) atoms. The van der Waals surface area contributed by atoms with Gasteiger partial charge in [0.25, 0.3) is 0 Å². The molecule has 13 heteroatoms. The van der Waals surface area contributed by atoms with Crippen molar-refractivity contribution in [3.05, 3.63) is 30.0 Å². The van der Waals surface area contributed by atoms with Crippen molar-refractivity contribution < 1.29 is 9.47 Å². The Balaban J connectivity index is 0.000000145. The molecule has 4 aromatic heterocycles. The van der Waals surface area contributed by atoms with Crippen LogP contribution in [-0.4, -0.2) is 72.5 Å². The van der Waals surface area contributed by atoms with Gasteiger partial charge in [0.15, 0.2) is 11.6 Å². The van der Waals surface area contributed by atoms with Gasteiger partial charge in [-0.25, -0.2) is 9.97 Å². The van der Waals surface area contributed by atoms with Crippen LogP contribution >= 0.6 is 68.5 Å². The molecule has 0 unspecified atom stereocenters. The van der Waals surface area contributed by atoms with Crippen molar-refractivity contribution in [1.82, 2.24) is 19.9 Å². The second-order valence-corrected chi connectivity index (χ2v) is 12.5. The largest absolute Gasteiger partial charge is 0.378 e. The minimum absolute atomic E-state index is 0.320. The Bertz CT molecular complexity index is 1360. The van der Waals surface area contributed by atoms with Gasteiger partial charge in [-0.2, -0.15) is 9.97 Å². The van der Waals surface area contributed by atoms with Gasteiger partial charge in [0.05, 0.1) is 49.7 Å². The van der Waals surface area contributed by atoms with Crippen LogP contribution in [-0.2, 0) is 9.47 Å². The molecule has 2 aliphatic heterocycles. The van der Waals surface area contributed by atoms with Crippen molar-refractivity contribution >= 4 is 101 Å². The molecule has 0 spiro atoms. The number of halogens is 3. The summed E-state index contributed by atoms with van der Waals surface area (Å²) in [5.41, 5.74) is 4.29. The number of aryl methyl sites for hydroxylation is 2. The lowest BCUT2D eigenvalue weighted by atomic mass is 10.3. The van der Waals surface area contributed by atoms with E-state index in [1.165, 1.54) is 8.45 Å². The lowest BCUT2D eigenvalue weighted by molar-refractivity contribution is 0.122. The molecule has 2 saturated heterocycles. The van der Waals surface area contributed by atoms with E-state index in [0.717, 1.165) is 90.2 Å². The highest BCUT2D eigenvalue weighted by Crippen LogP contribution is 2.37. The summed E-state index contributed by atoms with van der Waals surface area (Å²) in [6.45, 7) is 10.5. The average molecular weight is 665 g/mol. The first kappa shape index (κ1) is 25.6. The molecule has 6 heterocycles. The third-order valence-corrected chi connectivity index (χ3v) is 9.79. The summed E-state index contributed by atoms with van der Waals surface area (Å²) >= 11 is 17.8. The molecule has 6 rings (SSSR count). The lowest BCUT2D eigenvalue weighted by Crippen LogP contribution is -2.36. The van der Waals surface area contributed by atoms with Gasteiger partial charge in [-0.05, 0) is 76.1 Å². The number of ether oxygens (including phenoxy) is 2. The van der Waals surface area contributed by atoms with E-state index in [9.17, 15) is 0 Å². The first-order valence-electron chi connectivity index (χ1n) is 11.1. The quantitative estimate of drug-likeness (QED) is 0.203. The number of thiophene rings is 2. The number of hydrogen-bond donors (Lipinski definition) is 0. The van der Waals surface area contributed by atoms with Crippen molar-refractivity contribution in [3.8, 4) is 0 Å². The zero-order chi connectivity index (χ0) is 24.5. The second kappa shape index (κ2) is 11.1. The standard InChI is InChI=1S/C11H11ClIN3OS.C11H12ClN3OS/c1-6-7-8(18-9(6)13)10(15-11(12)14-7)16-2-4-17-5-3-16;1-7-6-17-9-8(7)13-11(12)14-10(9)15-2-4-16-5-3-15/h2-5H2,1H3;6H,2-5H2,1H3. The summed E-state index contributed by atoms with van der Waals surface area (Å²) in [7, 11) is 0. The zero-order valence-corrected chi connectivity index (χ0v) is 24.5. The Morgan fingerprint density at radius 3 is 1.89 bits per heavy atom. The topological polar surface area (TPSA) is 76.5 Å². The normalized spacial score (nSPS) is 16.6. The van der Waals surface area contributed by atoms with Gasteiger partial charge >= 0.3 is 0 Å². The van der Waals surface area contributed by atoms with Crippen LogP contribution in [0.5, 0.6) is 0 Å². The third-order valence-electron chi connectivity index (χ3n) is 5.83. The Morgan fingerprint density at radius 2 is 1.31 bits per heavy atom. The summed E-state index contributed by atoms with van der Waals surface area (Å²) in [6.07, 6.45) is 0. The molecule has 186 valence electrons. The Morgan fingerprint density at radius 1 is 0.800 bits per heavy atom. The minimum atomic E-state index is 0.320. The van der Waals surface area contributed by atoms with Crippen molar-refractivity contribution in [1.29, 1.82) is 0 Å². The van der Waals surface area contributed by atoms with Gasteiger partial charge in [-0.3, -0.25) is 0 Å². The van der Waals surface area contributed by atoms with Crippen LogP contribution < -0.4 is 9.80 Å². The fourth-order valence-corrected chi connectivity index (χ4v) is 7.23. The van der Waals surface area contributed by atoms with Gasteiger partial charge < -0.3 is 19.3 Å². The monoisotopic (exact) mass is 664 g/mol. The van der Waals surface area contributed by atoms with E-state index < -0.39 is 0 Å². The molecule has 0 bridgehead atoms. The Hall–Kier alpha value is -1.09. The number of nitrogens with zero attached hydrogens (tertiary/aromatic N) is 6. The highest BCUT2D eigenvalue weighted by atomic mass is 127. The van der Waals surface area contributed by atoms with Crippen LogP contribution in [0.1, 0.15) is 11.1 Å². The molecule has 0 aromatic carbocycles. The SMILES string of the molecule is Cc1c(I)sc2c(N3CCOCC3)nc(Cl)nc12.Cc1csc2c(N3CCOCC3)nc(Cl)nc12. The summed E-state index contributed by atoms with van der Waals surface area (Å²) in [5.74, 6) is 1.89. The fraction of sp³-hybridized carbons (Fsp3) is 0.455. The van der Waals surface area contributed by atoms with E-state index in [4.69, 9.17) is 32.7 Å². The number of fused-ring (bicyclic) bond motifs is 2. The van der Waals surface area contributed by atoms with Crippen LogP contribution in [0.25, 0.3) is 20.4 Å². The molecule has 8 nitrogen and oxygen atoms in total. The summed E-state index contributed by atoms with van der Waals surface area (Å²) in [4.78, 5) is 21.9. The van der Waals surface area contributed by atoms with Crippen LogP contribution in [0.4, 0.5) is 11.6 Å². The predicted octanol–water partition coefficient (Wildman–Crippen LogP) is 5.58. The highest BCUT2D eigenvalue weighted by molar-refractivity contribution is 14.1. The molecule has 0 atom stereocenters. The van der Waals surface area contributed by atoms with Crippen LogP contribution in [0.3, 0.4) is 0 Å². The summed E-state index contributed by atoms with van der Waals surface area (Å²) < 4.78 is 14.2. The molecule has 0 N–H and O–H groups in total. The molecular weight excluding hydrogens is 642 g/mol. The van der Waals surface area contributed by atoms with Gasteiger partial charge in [-0.15, -0.1) is 22.7 Å².